The zero-order chi connectivity index (χ0) is 48.6. The molecule has 0 aromatic rings. The van der Waals surface area contributed by atoms with Crippen molar-refractivity contribution in [2.75, 3.05) is 13.2 Å². The highest BCUT2D eigenvalue weighted by Gasteiger charge is 2.19. The van der Waals surface area contributed by atoms with E-state index in [1.54, 1.807) is 0 Å². The molecule has 0 aliphatic carbocycles. The first-order valence-corrected chi connectivity index (χ1v) is 28.5. The lowest BCUT2D eigenvalue weighted by Gasteiger charge is -2.18. The molecule has 0 rings (SSSR count). The van der Waals surface area contributed by atoms with Gasteiger partial charge in [0.1, 0.15) is 13.2 Å². The highest BCUT2D eigenvalue weighted by molar-refractivity contribution is 5.71. The molecule has 0 radical (unpaired) electrons. The van der Waals surface area contributed by atoms with Gasteiger partial charge in [-0.15, -0.1) is 0 Å². The number of allylic oxidation sites excluding steroid dienone is 12. The van der Waals surface area contributed by atoms with E-state index in [-0.39, 0.29) is 37.5 Å². The summed E-state index contributed by atoms with van der Waals surface area (Å²) in [5, 5.41) is 0. The lowest BCUT2D eigenvalue weighted by molar-refractivity contribution is -0.167. The van der Waals surface area contributed by atoms with E-state index in [0.717, 1.165) is 64.2 Å². The zero-order valence-corrected chi connectivity index (χ0v) is 44.2. The molecule has 0 aliphatic rings. The first kappa shape index (κ1) is 63.8. The van der Waals surface area contributed by atoms with E-state index < -0.39 is 6.10 Å². The maximum atomic E-state index is 12.8. The van der Waals surface area contributed by atoms with Crippen LogP contribution in [0, 0.1) is 0 Å². The lowest BCUT2D eigenvalue weighted by atomic mass is 10.0. The van der Waals surface area contributed by atoms with Crippen LogP contribution in [0.15, 0.2) is 72.9 Å². The summed E-state index contributed by atoms with van der Waals surface area (Å²) in [6, 6.07) is 0. The monoisotopic (exact) mass is 935 g/mol. The summed E-state index contributed by atoms with van der Waals surface area (Å²) in [6.45, 7) is 6.47. The number of hydrogen-bond donors (Lipinski definition) is 0. The third kappa shape index (κ3) is 53.7. The van der Waals surface area contributed by atoms with E-state index in [0.29, 0.717) is 19.3 Å². The summed E-state index contributed by atoms with van der Waals surface area (Å²) in [6.07, 6.45) is 70.3. The maximum Gasteiger partial charge on any atom is 0.306 e. The van der Waals surface area contributed by atoms with Crippen LogP contribution in [-0.2, 0) is 28.6 Å². The molecule has 0 aromatic heterocycles. The first-order chi connectivity index (χ1) is 33.0. The largest absolute Gasteiger partial charge is 0.462 e. The van der Waals surface area contributed by atoms with E-state index in [2.05, 4.69) is 45.1 Å². The molecule has 0 amide bonds. The van der Waals surface area contributed by atoms with Crippen LogP contribution in [0.2, 0.25) is 0 Å². The Morgan fingerprint density at radius 2 is 0.597 bits per heavy atom. The average molecular weight is 936 g/mol. The Labute approximate surface area is 414 Å². The Hall–Kier alpha value is -3.15. The van der Waals surface area contributed by atoms with Gasteiger partial charge in [-0.1, -0.05) is 267 Å². The maximum absolute atomic E-state index is 12.8. The van der Waals surface area contributed by atoms with Gasteiger partial charge in [-0.25, -0.2) is 0 Å². The molecule has 6 nitrogen and oxygen atoms in total. The molecule has 67 heavy (non-hydrogen) atoms. The van der Waals surface area contributed by atoms with Crippen molar-refractivity contribution in [3.8, 4) is 0 Å². The van der Waals surface area contributed by atoms with E-state index in [4.69, 9.17) is 14.2 Å². The SMILES string of the molecule is CC\C=C/C=C\C=C/C=C\C=C/CCCCCC(=O)OC(COC(=O)CCCCCCCCC/C=C\CCCCCC)COC(=O)CCCCCCCCCCCCCCCCCCCCC. The number of unbranched alkanes of at least 4 members (excludes halogenated alkanes) is 32. The standard InChI is InChI=1S/C61H106O6/c1-4-7-10-13-16-19-22-25-28-29-30-31-34-36-39-42-45-48-51-54-60(63)66-57-58(67-61(64)55-52-49-46-43-40-37-33-27-24-21-18-15-12-9-6-3)56-65-59(62)53-50-47-44-41-38-35-32-26-23-20-17-14-11-8-5-2/h9,12,15,18,20-21,23-24,27,33,37,40,58H,4-8,10-11,13-14,16-17,19,22,25-26,28-32,34-36,38-39,41-57H2,1-3H3/b12-9-,18-15-,23-20-,24-21-,33-27-,40-37-. The van der Waals surface area contributed by atoms with Crippen LogP contribution in [0.1, 0.15) is 278 Å². The van der Waals surface area contributed by atoms with Gasteiger partial charge in [0.2, 0.25) is 0 Å². The molecule has 0 heterocycles. The fourth-order valence-corrected chi connectivity index (χ4v) is 8.05. The summed E-state index contributed by atoms with van der Waals surface area (Å²) in [5.41, 5.74) is 0. The smallest absolute Gasteiger partial charge is 0.306 e. The molecule has 0 aromatic carbocycles. The third-order valence-electron chi connectivity index (χ3n) is 12.3. The number of hydrogen-bond acceptors (Lipinski definition) is 6. The fourth-order valence-electron chi connectivity index (χ4n) is 8.05. The van der Waals surface area contributed by atoms with Crippen LogP contribution in [0.25, 0.3) is 0 Å². The minimum absolute atomic E-state index is 0.0918. The second kappa shape index (κ2) is 55.4. The molecule has 1 atom stereocenters. The fraction of sp³-hybridized carbons (Fsp3) is 0.754. The van der Waals surface area contributed by atoms with E-state index in [1.807, 2.05) is 48.6 Å². The van der Waals surface area contributed by atoms with Crippen molar-refractivity contribution in [2.24, 2.45) is 0 Å². The topological polar surface area (TPSA) is 78.9 Å². The van der Waals surface area contributed by atoms with Gasteiger partial charge in [0.05, 0.1) is 0 Å². The minimum atomic E-state index is -0.798. The van der Waals surface area contributed by atoms with Gasteiger partial charge in [0.25, 0.3) is 0 Å². The predicted molar refractivity (Wildman–Crippen MR) is 288 cm³/mol. The molecule has 0 saturated carbocycles. The highest BCUT2D eigenvalue weighted by atomic mass is 16.6. The van der Waals surface area contributed by atoms with Crippen molar-refractivity contribution in [3.05, 3.63) is 72.9 Å². The molecule has 0 aliphatic heterocycles. The van der Waals surface area contributed by atoms with Crippen LogP contribution >= 0.6 is 0 Å². The van der Waals surface area contributed by atoms with Crippen LogP contribution in [0.4, 0.5) is 0 Å². The van der Waals surface area contributed by atoms with Gasteiger partial charge in [0, 0.05) is 19.3 Å². The van der Waals surface area contributed by atoms with Gasteiger partial charge in [-0.2, -0.15) is 0 Å². The van der Waals surface area contributed by atoms with Gasteiger partial charge >= 0.3 is 17.9 Å². The summed E-state index contributed by atoms with van der Waals surface area (Å²) in [7, 11) is 0. The Morgan fingerprint density at radius 1 is 0.313 bits per heavy atom. The van der Waals surface area contributed by atoms with Crippen molar-refractivity contribution < 1.29 is 28.6 Å². The Kier molecular flexibility index (Phi) is 52.8. The van der Waals surface area contributed by atoms with Crippen LogP contribution in [0.3, 0.4) is 0 Å². The highest BCUT2D eigenvalue weighted by Crippen LogP contribution is 2.16. The Bertz CT molecular complexity index is 1260. The van der Waals surface area contributed by atoms with Gasteiger partial charge in [0.15, 0.2) is 6.10 Å². The normalized spacial score (nSPS) is 12.6. The van der Waals surface area contributed by atoms with Crippen LogP contribution < -0.4 is 0 Å². The second-order valence-electron chi connectivity index (χ2n) is 18.9. The summed E-state index contributed by atoms with van der Waals surface area (Å²) >= 11 is 0. The molecule has 386 valence electrons. The molecule has 0 fully saturated rings. The number of rotatable bonds is 51. The Morgan fingerprint density at radius 3 is 0.985 bits per heavy atom. The number of carbonyl (C=O) groups excluding carboxylic acids is 3. The van der Waals surface area contributed by atoms with Crippen molar-refractivity contribution in [1.82, 2.24) is 0 Å². The van der Waals surface area contributed by atoms with Crippen molar-refractivity contribution in [2.45, 2.75) is 284 Å². The van der Waals surface area contributed by atoms with E-state index in [1.165, 1.54) is 167 Å². The zero-order valence-electron chi connectivity index (χ0n) is 44.2. The molecule has 0 N–H and O–H groups in total. The van der Waals surface area contributed by atoms with Crippen molar-refractivity contribution in [3.63, 3.8) is 0 Å². The minimum Gasteiger partial charge on any atom is -0.462 e. The van der Waals surface area contributed by atoms with Crippen molar-refractivity contribution in [1.29, 1.82) is 0 Å². The molecular weight excluding hydrogens is 829 g/mol. The van der Waals surface area contributed by atoms with Gasteiger partial charge in [-0.05, 0) is 64.2 Å². The third-order valence-corrected chi connectivity index (χ3v) is 12.3. The van der Waals surface area contributed by atoms with Gasteiger partial charge < -0.3 is 14.2 Å². The summed E-state index contributed by atoms with van der Waals surface area (Å²) < 4.78 is 16.8. The quantitative estimate of drug-likeness (QED) is 0.0199. The summed E-state index contributed by atoms with van der Waals surface area (Å²) in [5.74, 6) is -0.929. The Balaban J connectivity index is 4.40. The number of carbonyl (C=O) groups is 3. The van der Waals surface area contributed by atoms with Crippen LogP contribution in [0.5, 0.6) is 0 Å². The van der Waals surface area contributed by atoms with E-state index >= 15 is 0 Å². The summed E-state index contributed by atoms with van der Waals surface area (Å²) in [4.78, 5) is 38.1. The molecule has 1 unspecified atom stereocenters. The molecule has 6 heteroatoms. The number of ether oxygens (including phenoxy) is 3. The van der Waals surface area contributed by atoms with Crippen LogP contribution in [-0.4, -0.2) is 37.2 Å². The van der Waals surface area contributed by atoms with E-state index in [9.17, 15) is 14.4 Å². The second-order valence-corrected chi connectivity index (χ2v) is 18.9. The van der Waals surface area contributed by atoms with Gasteiger partial charge in [-0.3, -0.25) is 14.4 Å². The molecule has 0 spiro atoms. The predicted octanol–water partition coefficient (Wildman–Crippen LogP) is 19.0. The molecule has 0 bridgehead atoms. The number of esters is 3. The average Bonchev–Trinajstić information content (AvgIpc) is 3.33. The molecule has 0 saturated heterocycles. The van der Waals surface area contributed by atoms with Crippen molar-refractivity contribution >= 4 is 17.9 Å². The lowest BCUT2D eigenvalue weighted by Crippen LogP contribution is -2.30. The first-order valence-electron chi connectivity index (χ1n) is 28.5. The molecular formula is C61H106O6.